The van der Waals surface area contributed by atoms with Crippen molar-refractivity contribution in [2.45, 2.75) is 19.4 Å². The molecule has 2 N–H and O–H groups in total. The predicted molar refractivity (Wildman–Crippen MR) is 75.8 cm³/mol. The second-order valence-corrected chi connectivity index (χ2v) is 5.34. The molecule has 0 radical (unpaired) electrons. The van der Waals surface area contributed by atoms with Crippen LogP contribution in [0.5, 0.6) is 0 Å². The van der Waals surface area contributed by atoms with Gasteiger partial charge in [-0.1, -0.05) is 15.9 Å². The first-order chi connectivity index (χ1) is 8.54. The highest BCUT2D eigenvalue weighted by Crippen LogP contribution is 2.24. The van der Waals surface area contributed by atoms with Crippen LogP contribution >= 0.6 is 27.5 Å². The molecule has 18 heavy (non-hydrogen) atoms. The molecule has 2 rings (SSSR count). The summed E-state index contributed by atoms with van der Waals surface area (Å²) in [7, 11) is 0. The van der Waals surface area contributed by atoms with E-state index in [4.69, 9.17) is 17.3 Å². The van der Waals surface area contributed by atoms with Gasteiger partial charge < -0.3 is 10.3 Å². The molecule has 0 saturated carbocycles. The summed E-state index contributed by atoms with van der Waals surface area (Å²) in [5.41, 5.74) is 7.11. The molecular formula is C12H13BrClN3O. The summed E-state index contributed by atoms with van der Waals surface area (Å²) < 4.78 is 2.80. The third-order valence-electron chi connectivity index (χ3n) is 2.84. The van der Waals surface area contributed by atoms with Gasteiger partial charge in [0.25, 0.3) is 0 Å². The number of imidazole rings is 1. The van der Waals surface area contributed by atoms with E-state index < -0.39 is 6.04 Å². The average Bonchev–Trinajstić information content (AvgIpc) is 2.65. The zero-order chi connectivity index (χ0) is 13.3. The van der Waals surface area contributed by atoms with E-state index in [2.05, 4.69) is 20.9 Å². The van der Waals surface area contributed by atoms with Gasteiger partial charge in [0.2, 0.25) is 5.91 Å². The Hall–Kier alpha value is -1.07. The minimum Gasteiger partial charge on any atom is -0.368 e. The van der Waals surface area contributed by atoms with Gasteiger partial charge in [-0.2, -0.15) is 0 Å². The minimum absolute atomic E-state index is 0.381. The van der Waals surface area contributed by atoms with Crippen LogP contribution in [-0.4, -0.2) is 21.3 Å². The fraction of sp³-hybridized carbons (Fsp3) is 0.333. The Morgan fingerprint density at radius 3 is 2.94 bits per heavy atom. The molecular weight excluding hydrogens is 318 g/mol. The van der Waals surface area contributed by atoms with Crippen molar-refractivity contribution in [3.8, 4) is 0 Å². The number of nitrogens with zero attached hydrogens (tertiary/aromatic N) is 2. The zero-order valence-corrected chi connectivity index (χ0v) is 12.2. The standard InChI is InChI=1S/C12H13BrClN3O/c1-7(12(15)18)17-10-3-2-8(13)6-9(10)16-11(17)4-5-14/h2-3,6-7H,4-5H2,1H3,(H2,15,18). The van der Waals surface area contributed by atoms with Crippen LogP contribution in [-0.2, 0) is 11.2 Å². The molecule has 0 saturated heterocycles. The highest BCUT2D eigenvalue weighted by Gasteiger charge is 2.19. The molecule has 0 fully saturated rings. The number of aromatic nitrogens is 2. The molecule has 0 spiro atoms. The maximum Gasteiger partial charge on any atom is 0.240 e. The third-order valence-corrected chi connectivity index (χ3v) is 3.52. The van der Waals surface area contributed by atoms with E-state index in [0.29, 0.717) is 12.3 Å². The van der Waals surface area contributed by atoms with Crippen LogP contribution in [0.25, 0.3) is 11.0 Å². The first-order valence-corrected chi connectivity index (χ1v) is 6.89. The van der Waals surface area contributed by atoms with Crippen molar-refractivity contribution >= 4 is 44.5 Å². The number of halogens is 2. The normalized spacial score (nSPS) is 12.8. The lowest BCUT2D eigenvalue weighted by Gasteiger charge is -2.13. The molecule has 6 heteroatoms. The summed E-state index contributed by atoms with van der Waals surface area (Å²) in [4.78, 5) is 15.9. The fourth-order valence-electron chi connectivity index (χ4n) is 1.94. The molecule has 1 heterocycles. The number of rotatable bonds is 4. The third kappa shape index (κ3) is 2.37. The first-order valence-electron chi connectivity index (χ1n) is 5.56. The molecule has 1 unspecified atom stereocenters. The van der Waals surface area contributed by atoms with E-state index in [1.807, 2.05) is 22.8 Å². The zero-order valence-electron chi connectivity index (χ0n) is 9.86. The molecule has 0 aliphatic rings. The number of primary amides is 1. The summed E-state index contributed by atoms with van der Waals surface area (Å²) >= 11 is 9.18. The Balaban J connectivity index is 2.66. The lowest BCUT2D eigenvalue weighted by Crippen LogP contribution is -2.25. The highest BCUT2D eigenvalue weighted by atomic mass is 79.9. The van der Waals surface area contributed by atoms with Crippen molar-refractivity contribution in [2.75, 3.05) is 5.88 Å². The van der Waals surface area contributed by atoms with Crippen LogP contribution in [0.1, 0.15) is 18.8 Å². The Kier molecular flexibility index (Phi) is 3.92. The van der Waals surface area contributed by atoms with Gasteiger partial charge in [0.15, 0.2) is 0 Å². The number of benzene rings is 1. The average molecular weight is 331 g/mol. The van der Waals surface area contributed by atoms with Crippen molar-refractivity contribution in [3.05, 3.63) is 28.5 Å². The number of fused-ring (bicyclic) bond motifs is 1. The van der Waals surface area contributed by atoms with Crippen molar-refractivity contribution in [2.24, 2.45) is 5.73 Å². The van der Waals surface area contributed by atoms with Crippen molar-refractivity contribution in [3.63, 3.8) is 0 Å². The number of carbonyl (C=O) groups is 1. The van der Waals surface area contributed by atoms with Crippen molar-refractivity contribution in [1.82, 2.24) is 9.55 Å². The Morgan fingerprint density at radius 1 is 1.61 bits per heavy atom. The number of hydrogen-bond donors (Lipinski definition) is 1. The van der Waals surface area contributed by atoms with Gasteiger partial charge in [-0.3, -0.25) is 4.79 Å². The monoisotopic (exact) mass is 329 g/mol. The molecule has 4 nitrogen and oxygen atoms in total. The van der Waals surface area contributed by atoms with Gasteiger partial charge >= 0.3 is 0 Å². The van der Waals surface area contributed by atoms with Gasteiger partial charge in [-0.15, -0.1) is 11.6 Å². The van der Waals surface area contributed by atoms with Gasteiger partial charge in [0.1, 0.15) is 11.9 Å². The molecule has 1 atom stereocenters. The molecule has 0 aliphatic heterocycles. The number of amides is 1. The molecule has 2 aromatic rings. The second-order valence-electron chi connectivity index (χ2n) is 4.05. The SMILES string of the molecule is CC(C(N)=O)n1c(CCCl)nc2cc(Br)ccc21. The quantitative estimate of drug-likeness (QED) is 0.876. The maximum absolute atomic E-state index is 11.4. The number of alkyl halides is 1. The largest absolute Gasteiger partial charge is 0.368 e. The van der Waals surface area contributed by atoms with E-state index in [9.17, 15) is 4.79 Å². The maximum atomic E-state index is 11.4. The lowest BCUT2D eigenvalue weighted by atomic mass is 10.2. The molecule has 1 aromatic carbocycles. The summed E-state index contributed by atoms with van der Waals surface area (Å²) in [6.07, 6.45) is 0.603. The van der Waals surface area contributed by atoms with Gasteiger partial charge in [0.05, 0.1) is 11.0 Å². The Morgan fingerprint density at radius 2 is 2.33 bits per heavy atom. The number of aryl methyl sites for hydroxylation is 1. The molecule has 0 bridgehead atoms. The van der Waals surface area contributed by atoms with E-state index in [0.717, 1.165) is 21.3 Å². The van der Waals surface area contributed by atoms with Gasteiger partial charge in [-0.05, 0) is 25.1 Å². The van der Waals surface area contributed by atoms with Crippen LogP contribution in [0.15, 0.2) is 22.7 Å². The van der Waals surface area contributed by atoms with Crippen LogP contribution < -0.4 is 5.73 Å². The Labute approximate surface area is 118 Å². The van der Waals surface area contributed by atoms with Gasteiger partial charge in [-0.25, -0.2) is 4.98 Å². The topological polar surface area (TPSA) is 60.9 Å². The number of nitrogens with two attached hydrogens (primary N) is 1. The van der Waals surface area contributed by atoms with Crippen LogP contribution in [0.2, 0.25) is 0 Å². The number of carbonyl (C=O) groups excluding carboxylic acids is 1. The van der Waals surface area contributed by atoms with E-state index >= 15 is 0 Å². The van der Waals surface area contributed by atoms with Crippen LogP contribution in [0.3, 0.4) is 0 Å². The van der Waals surface area contributed by atoms with Crippen LogP contribution in [0.4, 0.5) is 0 Å². The van der Waals surface area contributed by atoms with E-state index in [1.54, 1.807) is 6.92 Å². The minimum atomic E-state index is -0.436. The second kappa shape index (κ2) is 5.28. The number of hydrogen-bond acceptors (Lipinski definition) is 2. The smallest absolute Gasteiger partial charge is 0.240 e. The predicted octanol–water partition coefficient (Wildman–Crippen LogP) is 2.63. The first kappa shape index (κ1) is 13.4. The summed E-state index contributed by atoms with van der Waals surface area (Å²) in [5, 5.41) is 0. The summed E-state index contributed by atoms with van der Waals surface area (Å²) in [6, 6.07) is 5.31. The van der Waals surface area contributed by atoms with Crippen molar-refractivity contribution in [1.29, 1.82) is 0 Å². The lowest BCUT2D eigenvalue weighted by molar-refractivity contribution is -0.120. The molecule has 1 amide bonds. The summed E-state index contributed by atoms with van der Waals surface area (Å²) in [5.74, 6) is 0.855. The molecule has 1 aromatic heterocycles. The van der Waals surface area contributed by atoms with Crippen molar-refractivity contribution < 1.29 is 4.79 Å². The molecule has 96 valence electrons. The molecule has 0 aliphatic carbocycles. The highest BCUT2D eigenvalue weighted by molar-refractivity contribution is 9.10. The van der Waals surface area contributed by atoms with E-state index in [-0.39, 0.29) is 5.91 Å². The van der Waals surface area contributed by atoms with E-state index in [1.165, 1.54) is 0 Å². The van der Waals surface area contributed by atoms with Crippen LogP contribution in [0, 0.1) is 0 Å². The summed E-state index contributed by atoms with van der Waals surface area (Å²) in [6.45, 7) is 1.77. The Bertz CT molecular complexity index is 596. The van der Waals surface area contributed by atoms with Gasteiger partial charge in [0, 0.05) is 16.8 Å². The fourth-order valence-corrected chi connectivity index (χ4v) is 2.46.